The summed E-state index contributed by atoms with van der Waals surface area (Å²) < 4.78 is 6.03. The van der Waals surface area contributed by atoms with Gasteiger partial charge >= 0.3 is 5.69 Å². The highest BCUT2D eigenvalue weighted by Gasteiger charge is 2.48. The van der Waals surface area contributed by atoms with Crippen LogP contribution in [0, 0.1) is 0 Å². The molecule has 9 heteroatoms. The van der Waals surface area contributed by atoms with Crippen LogP contribution in [-0.4, -0.2) is 62.8 Å². The van der Waals surface area contributed by atoms with E-state index in [0.717, 1.165) is 25.9 Å². The van der Waals surface area contributed by atoms with Crippen molar-refractivity contribution >= 4 is 5.91 Å². The number of rotatable bonds is 3. The summed E-state index contributed by atoms with van der Waals surface area (Å²) in [6.45, 7) is 5.22. The predicted molar refractivity (Wildman–Crippen MR) is 93.7 cm³/mol. The van der Waals surface area contributed by atoms with Gasteiger partial charge in [-0.05, 0) is 26.2 Å². The van der Waals surface area contributed by atoms with Gasteiger partial charge < -0.3 is 20.1 Å². The first-order valence-corrected chi connectivity index (χ1v) is 8.86. The summed E-state index contributed by atoms with van der Waals surface area (Å²) in [6, 6.07) is -0.345. The average Bonchev–Trinajstić information content (AvgIpc) is 2.56. The number of aromatic nitrogens is 2. The second-order valence-electron chi connectivity index (χ2n) is 7.66. The molecule has 2 saturated heterocycles. The summed E-state index contributed by atoms with van der Waals surface area (Å²) in [6.07, 6.45) is 3.51. The fraction of sp³-hybridized carbons (Fsp3) is 0.706. The van der Waals surface area contributed by atoms with Crippen LogP contribution in [0.1, 0.15) is 38.7 Å². The van der Waals surface area contributed by atoms with E-state index in [1.165, 1.54) is 13.1 Å². The standard InChI is InChI=1S/C17H26N4O5/c1-11(22)19-13-7-17(26-10-16(13,2)25)3-5-21(6-4-17)9-12-8-18-15(24)20-14(12)23/h8,13,25H,3-7,9-10H2,1-2H3,(H,19,22)(H2,18,20,23,24)/t13-,16-/m0/s1. The minimum absolute atomic E-state index is 0.165. The van der Waals surface area contributed by atoms with Gasteiger partial charge in [0.25, 0.3) is 5.56 Å². The van der Waals surface area contributed by atoms with E-state index in [2.05, 4.69) is 20.2 Å². The van der Waals surface area contributed by atoms with Crippen LogP contribution in [0.5, 0.6) is 0 Å². The zero-order valence-electron chi connectivity index (χ0n) is 15.1. The molecule has 0 radical (unpaired) electrons. The maximum atomic E-state index is 11.8. The van der Waals surface area contributed by atoms with Gasteiger partial charge in [-0.3, -0.25) is 19.5 Å². The van der Waals surface area contributed by atoms with Crippen molar-refractivity contribution in [3.05, 3.63) is 32.6 Å². The largest absolute Gasteiger partial charge is 0.386 e. The van der Waals surface area contributed by atoms with E-state index in [9.17, 15) is 19.5 Å². The molecule has 9 nitrogen and oxygen atoms in total. The smallest absolute Gasteiger partial charge is 0.325 e. The number of piperidine rings is 1. The second kappa shape index (κ2) is 6.98. The summed E-state index contributed by atoms with van der Waals surface area (Å²) in [5, 5.41) is 13.3. The molecule has 1 spiro atoms. The Kier molecular flexibility index (Phi) is 5.05. The van der Waals surface area contributed by atoms with Crippen LogP contribution >= 0.6 is 0 Å². The summed E-state index contributed by atoms with van der Waals surface area (Å²) in [5.74, 6) is -0.165. The number of likely N-dealkylation sites (tertiary alicyclic amines) is 1. The number of carbonyl (C=O) groups excluding carboxylic acids is 1. The number of aliphatic hydroxyl groups is 1. The molecule has 144 valence electrons. The Labute approximate surface area is 150 Å². The van der Waals surface area contributed by atoms with Crippen LogP contribution in [0.2, 0.25) is 0 Å². The molecular formula is C17H26N4O5. The molecule has 2 fully saturated rings. The molecule has 1 aromatic heterocycles. The number of hydrogen-bond acceptors (Lipinski definition) is 6. The van der Waals surface area contributed by atoms with Crippen LogP contribution in [0.25, 0.3) is 0 Å². The lowest BCUT2D eigenvalue weighted by Crippen LogP contribution is -2.63. The van der Waals surface area contributed by atoms with Crippen LogP contribution in [0.15, 0.2) is 15.8 Å². The van der Waals surface area contributed by atoms with Crippen LogP contribution in [-0.2, 0) is 16.1 Å². The van der Waals surface area contributed by atoms with Gasteiger partial charge in [0, 0.05) is 38.3 Å². The molecule has 2 atom stereocenters. The topological polar surface area (TPSA) is 128 Å². The van der Waals surface area contributed by atoms with Crippen molar-refractivity contribution in [2.45, 2.75) is 56.9 Å². The first-order valence-electron chi connectivity index (χ1n) is 8.86. The van der Waals surface area contributed by atoms with Crippen molar-refractivity contribution in [2.24, 2.45) is 0 Å². The van der Waals surface area contributed by atoms with Gasteiger partial charge in [-0.15, -0.1) is 0 Å². The SMILES string of the molecule is CC(=O)N[C@H]1CC2(CCN(Cc3c[nH]c(=O)[nH]c3=O)CC2)OC[C@]1(C)O. The Bertz CT molecular complexity index is 776. The Morgan fingerprint density at radius 3 is 2.73 bits per heavy atom. The highest BCUT2D eigenvalue weighted by Crippen LogP contribution is 2.38. The first kappa shape index (κ1) is 18.8. The number of aromatic amines is 2. The number of hydrogen-bond donors (Lipinski definition) is 4. The molecule has 1 amide bonds. The van der Waals surface area contributed by atoms with E-state index >= 15 is 0 Å². The molecule has 2 aliphatic heterocycles. The van der Waals surface area contributed by atoms with Crippen LogP contribution in [0.3, 0.4) is 0 Å². The third-order valence-electron chi connectivity index (χ3n) is 5.43. The molecule has 0 aromatic carbocycles. The quantitative estimate of drug-likeness (QED) is 0.548. The van der Waals surface area contributed by atoms with Crippen molar-refractivity contribution in [3.63, 3.8) is 0 Å². The molecule has 26 heavy (non-hydrogen) atoms. The monoisotopic (exact) mass is 366 g/mol. The fourth-order valence-electron chi connectivity index (χ4n) is 3.77. The van der Waals surface area contributed by atoms with Crippen molar-refractivity contribution in [2.75, 3.05) is 19.7 Å². The van der Waals surface area contributed by atoms with E-state index in [1.807, 2.05) is 0 Å². The fourth-order valence-corrected chi connectivity index (χ4v) is 3.77. The number of carbonyl (C=O) groups is 1. The second-order valence-corrected chi connectivity index (χ2v) is 7.66. The van der Waals surface area contributed by atoms with E-state index < -0.39 is 11.3 Å². The highest BCUT2D eigenvalue weighted by atomic mass is 16.5. The molecule has 0 unspecified atom stereocenters. The van der Waals surface area contributed by atoms with Gasteiger partial charge in [0.1, 0.15) is 5.60 Å². The number of amides is 1. The van der Waals surface area contributed by atoms with Crippen molar-refractivity contribution in [3.8, 4) is 0 Å². The Hall–Kier alpha value is -1.97. The van der Waals surface area contributed by atoms with Gasteiger partial charge in [0.2, 0.25) is 5.91 Å². The first-order chi connectivity index (χ1) is 12.2. The minimum Gasteiger partial charge on any atom is -0.386 e. The van der Waals surface area contributed by atoms with Gasteiger partial charge in [-0.2, -0.15) is 0 Å². The third kappa shape index (κ3) is 4.05. The maximum absolute atomic E-state index is 11.8. The Balaban J connectivity index is 1.63. The summed E-state index contributed by atoms with van der Waals surface area (Å²) in [4.78, 5) is 41.2. The van der Waals surface area contributed by atoms with Gasteiger partial charge in [0.05, 0.1) is 18.2 Å². The van der Waals surface area contributed by atoms with E-state index in [1.54, 1.807) is 6.92 Å². The zero-order chi connectivity index (χ0) is 18.9. The number of nitrogens with one attached hydrogen (secondary N) is 3. The molecule has 2 aliphatic rings. The van der Waals surface area contributed by atoms with Crippen molar-refractivity contribution in [1.29, 1.82) is 0 Å². The van der Waals surface area contributed by atoms with Gasteiger partial charge in [0.15, 0.2) is 0 Å². The van der Waals surface area contributed by atoms with E-state index in [4.69, 9.17) is 4.74 Å². The molecule has 3 heterocycles. The molecular weight excluding hydrogens is 340 g/mol. The molecule has 3 rings (SSSR count). The lowest BCUT2D eigenvalue weighted by Gasteiger charge is -2.50. The zero-order valence-corrected chi connectivity index (χ0v) is 15.1. The van der Waals surface area contributed by atoms with Gasteiger partial charge in [-0.1, -0.05) is 0 Å². The summed E-state index contributed by atoms with van der Waals surface area (Å²) >= 11 is 0. The summed E-state index contributed by atoms with van der Waals surface area (Å²) in [7, 11) is 0. The molecule has 0 bridgehead atoms. The molecule has 0 aliphatic carbocycles. The van der Waals surface area contributed by atoms with E-state index in [-0.39, 0.29) is 29.7 Å². The maximum Gasteiger partial charge on any atom is 0.325 e. The van der Waals surface area contributed by atoms with Crippen LogP contribution in [0.4, 0.5) is 0 Å². The Morgan fingerprint density at radius 1 is 1.42 bits per heavy atom. The normalized spacial score (nSPS) is 28.8. The molecule has 0 saturated carbocycles. The van der Waals surface area contributed by atoms with Crippen molar-refractivity contribution in [1.82, 2.24) is 20.2 Å². The highest BCUT2D eigenvalue weighted by molar-refractivity contribution is 5.73. The Morgan fingerprint density at radius 2 is 2.12 bits per heavy atom. The van der Waals surface area contributed by atoms with Crippen molar-refractivity contribution < 1.29 is 14.6 Å². The number of ether oxygens (including phenoxy) is 1. The average molecular weight is 366 g/mol. The third-order valence-corrected chi connectivity index (χ3v) is 5.43. The van der Waals surface area contributed by atoms with E-state index in [0.29, 0.717) is 18.5 Å². The lowest BCUT2D eigenvalue weighted by molar-refractivity contribution is -0.193. The number of H-pyrrole nitrogens is 2. The van der Waals surface area contributed by atoms with Crippen LogP contribution < -0.4 is 16.6 Å². The molecule has 1 aromatic rings. The lowest BCUT2D eigenvalue weighted by atomic mass is 9.77. The summed E-state index contributed by atoms with van der Waals surface area (Å²) in [5.41, 5.74) is -1.82. The minimum atomic E-state index is -1.09. The molecule has 4 N–H and O–H groups in total. The number of nitrogens with zero attached hydrogens (tertiary/aromatic N) is 1. The predicted octanol–water partition coefficient (Wildman–Crippen LogP) is -0.926. The van der Waals surface area contributed by atoms with Gasteiger partial charge in [-0.25, -0.2) is 4.79 Å².